The van der Waals surface area contributed by atoms with Crippen LogP contribution in [0.4, 0.5) is 5.69 Å². The highest BCUT2D eigenvalue weighted by Gasteiger charge is 2.16. The molecule has 0 saturated heterocycles. The third-order valence-corrected chi connectivity index (χ3v) is 4.40. The van der Waals surface area contributed by atoms with Crippen LogP contribution in [0.5, 0.6) is 5.75 Å². The molecule has 1 aromatic carbocycles. The standard InChI is InChI=1S/C17H19NO2S/c19-17(10-13-8-9-21-12-13)18-14-4-3-7-16(11-14)20-15-5-1-2-6-15/h3-4,7-9,11-12,15H,1-2,5-6,10H2,(H,18,19). The van der Waals surface area contributed by atoms with Crippen molar-refractivity contribution in [1.29, 1.82) is 0 Å². The summed E-state index contributed by atoms with van der Waals surface area (Å²) in [6, 6.07) is 9.65. The van der Waals surface area contributed by atoms with Crippen LogP contribution in [0.1, 0.15) is 31.2 Å². The second-order valence-corrected chi connectivity index (χ2v) is 6.19. The van der Waals surface area contributed by atoms with Gasteiger partial charge in [0.15, 0.2) is 0 Å². The van der Waals surface area contributed by atoms with E-state index in [1.807, 2.05) is 41.1 Å². The lowest BCUT2D eigenvalue weighted by molar-refractivity contribution is -0.115. The summed E-state index contributed by atoms with van der Waals surface area (Å²) in [6.07, 6.45) is 5.52. The van der Waals surface area contributed by atoms with E-state index in [1.165, 1.54) is 12.8 Å². The molecule has 1 N–H and O–H groups in total. The molecule has 4 heteroatoms. The van der Waals surface area contributed by atoms with Crippen molar-refractivity contribution in [2.45, 2.75) is 38.2 Å². The first kappa shape index (κ1) is 14.1. The number of hydrogen-bond acceptors (Lipinski definition) is 3. The number of hydrogen-bond donors (Lipinski definition) is 1. The van der Waals surface area contributed by atoms with Gasteiger partial charge in [0.1, 0.15) is 5.75 Å². The highest BCUT2D eigenvalue weighted by molar-refractivity contribution is 7.08. The maximum atomic E-state index is 12.0. The molecule has 1 aliphatic carbocycles. The van der Waals surface area contributed by atoms with Crippen molar-refractivity contribution in [1.82, 2.24) is 0 Å². The fourth-order valence-corrected chi connectivity index (χ4v) is 3.30. The Hall–Kier alpha value is -1.81. The summed E-state index contributed by atoms with van der Waals surface area (Å²) < 4.78 is 5.95. The molecule has 1 fully saturated rings. The second kappa shape index (κ2) is 6.76. The van der Waals surface area contributed by atoms with Crippen molar-refractivity contribution in [3.05, 3.63) is 46.7 Å². The van der Waals surface area contributed by atoms with E-state index in [0.717, 1.165) is 29.8 Å². The molecular formula is C17H19NO2S. The smallest absolute Gasteiger partial charge is 0.228 e. The minimum atomic E-state index is 0.00594. The zero-order chi connectivity index (χ0) is 14.5. The summed E-state index contributed by atoms with van der Waals surface area (Å²) in [5, 5.41) is 6.92. The lowest BCUT2D eigenvalue weighted by atomic mass is 10.2. The number of thiophene rings is 1. The number of anilines is 1. The summed E-state index contributed by atoms with van der Waals surface area (Å²) in [7, 11) is 0. The Morgan fingerprint density at radius 3 is 2.90 bits per heavy atom. The topological polar surface area (TPSA) is 38.3 Å². The van der Waals surface area contributed by atoms with Gasteiger partial charge in [-0.15, -0.1) is 0 Å². The molecule has 1 saturated carbocycles. The van der Waals surface area contributed by atoms with Gasteiger partial charge in [-0.25, -0.2) is 0 Å². The molecule has 110 valence electrons. The minimum Gasteiger partial charge on any atom is -0.490 e. The van der Waals surface area contributed by atoms with Crippen molar-refractivity contribution in [2.24, 2.45) is 0 Å². The van der Waals surface area contributed by atoms with Crippen LogP contribution in [0.2, 0.25) is 0 Å². The number of carbonyl (C=O) groups is 1. The highest BCUT2D eigenvalue weighted by Crippen LogP contribution is 2.25. The van der Waals surface area contributed by atoms with Crippen LogP contribution in [-0.2, 0) is 11.2 Å². The van der Waals surface area contributed by atoms with Crippen LogP contribution < -0.4 is 10.1 Å². The maximum Gasteiger partial charge on any atom is 0.228 e. The zero-order valence-corrected chi connectivity index (χ0v) is 12.7. The van der Waals surface area contributed by atoms with Crippen LogP contribution in [0.15, 0.2) is 41.1 Å². The number of carbonyl (C=O) groups excluding carboxylic acids is 1. The molecule has 2 aromatic rings. The third kappa shape index (κ3) is 4.08. The first-order chi connectivity index (χ1) is 10.3. The molecule has 0 bridgehead atoms. The van der Waals surface area contributed by atoms with E-state index in [-0.39, 0.29) is 5.91 Å². The van der Waals surface area contributed by atoms with Crippen molar-refractivity contribution in [3.8, 4) is 5.75 Å². The SMILES string of the molecule is O=C(Cc1ccsc1)Nc1cccc(OC2CCCC2)c1. The number of benzene rings is 1. The summed E-state index contributed by atoms with van der Waals surface area (Å²) in [5.74, 6) is 0.849. The van der Waals surface area contributed by atoms with Gasteiger partial charge in [-0.1, -0.05) is 6.07 Å². The monoisotopic (exact) mass is 301 g/mol. The fourth-order valence-electron chi connectivity index (χ4n) is 2.63. The Balaban J connectivity index is 1.58. The van der Waals surface area contributed by atoms with Crippen molar-refractivity contribution >= 4 is 22.9 Å². The lowest BCUT2D eigenvalue weighted by Crippen LogP contribution is -2.14. The number of nitrogens with one attached hydrogen (secondary N) is 1. The molecule has 1 aromatic heterocycles. The molecule has 1 heterocycles. The van der Waals surface area contributed by atoms with Crippen LogP contribution in [0.3, 0.4) is 0 Å². The van der Waals surface area contributed by atoms with Gasteiger partial charge in [0, 0.05) is 11.8 Å². The lowest BCUT2D eigenvalue weighted by Gasteiger charge is -2.14. The highest BCUT2D eigenvalue weighted by atomic mass is 32.1. The first-order valence-electron chi connectivity index (χ1n) is 7.37. The molecule has 21 heavy (non-hydrogen) atoms. The number of ether oxygens (including phenoxy) is 1. The molecule has 3 nitrogen and oxygen atoms in total. The fraction of sp³-hybridized carbons (Fsp3) is 0.353. The van der Waals surface area contributed by atoms with Gasteiger partial charge in [-0.3, -0.25) is 4.79 Å². The minimum absolute atomic E-state index is 0.00594. The average Bonchev–Trinajstić information content (AvgIpc) is 3.12. The zero-order valence-electron chi connectivity index (χ0n) is 11.9. The van der Waals surface area contributed by atoms with Crippen LogP contribution in [-0.4, -0.2) is 12.0 Å². The van der Waals surface area contributed by atoms with Crippen molar-refractivity contribution < 1.29 is 9.53 Å². The van der Waals surface area contributed by atoms with E-state index in [9.17, 15) is 4.79 Å². The van der Waals surface area contributed by atoms with E-state index in [4.69, 9.17) is 4.74 Å². The van der Waals surface area contributed by atoms with Gasteiger partial charge < -0.3 is 10.1 Å². The van der Waals surface area contributed by atoms with Crippen LogP contribution in [0, 0.1) is 0 Å². The molecule has 0 spiro atoms. The Morgan fingerprint density at radius 2 is 2.14 bits per heavy atom. The summed E-state index contributed by atoms with van der Waals surface area (Å²) in [4.78, 5) is 12.0. The summed E-state index contributed by atoms with van der Waals surface area (Å²) in [6.45, 7) is 0. The number of rotatable bonds is 5. The van der Waals surface area contributed by atoms with Gasteiger partial charge in [-0.05, 0) is 60.2 Å². The predicted octanol–water partition coefficient (Wildman–Crippen LogP) is 4.25. The average molecular weight is 301 g/mol. The molecule has 0 unspecified atom stereocenters. The molecular weight excluding hydrogens is 282 g/mol. The quantitative estimate of drug-likeness (QED) is 0.896. The molecule has 0 aliphatic heterocycles. The Kier molecular flexibility index (Phi) is 4.55. The van der Waals surface area contributed by atoms with E-state index < -0.39 is 0 Å². The first-order valence-corrected chi connectivity index (χ1v) is 8.31. The van der Waals surface area contributed by atoms with Gasteiger partial charge in [-0.2, -0.15) is 11.3 Å². The molecule has 0 atom stereocenters. The second-order valence-electron chi connectivity index (χ2n) is 5.41. The Bertz CT molecular complexity index is 589. The molecule has 0 radical (unpaired) electrons. The molecule has 1 amide bonds. The van der Waals surface area contributed by atoms with Gasteiger partial charge in [0.25, 0.3) is 0 Å². The molecule has 1 aliphatic rings. The van der Waals surface area contributed by atoms with E-state index in [1.54, 1.807) is 11.3 Å². The molecule has 3 rings (SSSR count). The number of amides is 1. The van der Waals surface area contributed by atoms with Crippen molar-refractivity contribution in [3.63, 3.8) is 0 Å². The van der Waals surface area contributed by atoms with Gasteiger partial charge in [0.05, 0.1) is 12.5 Å². The van der Waals surface area contributed by atoms with Crippen LogP contribution in [0.25, 0.3) is 0 Å². The largest absolute Gasteiger partial charge is 0.490 e. The summed E-state index contributed by atoms with van der Waals surface area (Å²) in [5.41, 5.74) is 1.85. The predicted molar refractivity (Wildman–Crippen MR) is 86.0 cm³/mol. The van der Waals surface area contributed by atoms with Gasteiger partial charge >= 0.3 is 0 Å². The van der Waals surface area contributed by atoms with Gasteiger partial charge in [0.2, 0.25) is 5.91 Å². The van der Waals surface area contributed by atoms with E-state index in [2.05, 4.69) is 5.32 Å². The van der Waals surface area contributed by atoms with E-state index in [0.29, 0.717) is 12.5 Å². The maximum absolute atomic E-state index is 12.0. The Morgan fingerprint density at radius 1 is 1.29 bits per heavy atom. The summed E-state index contributed by atoms with van der Waals surface area (Å²) >= 11 is 1.61. The third-order valence-electron chi connectivity index (χ3n) is 3.67. The normalized spacial score (nSPS) is 15.0. The Labute approximate surface area is 129 Å². The van der Waals surface area contributed by atoms with E-state index >= 15 is 0 Å². The van der Waals surface area contributed by atoms with Crippen LogP contribution >= 0.6 is 11.3 Å². The van der Waals surface area contributed by atoms with Crippen molar-refractivity contribution in [2.75, 3.05) is 5.32 Å².